The predicted octanol–water partition coefficient (Wildman–Crippen LogP) is 1.61. The van der Waals surface area contributed by atoms with E-state index in [1.165, 1.54) is 17.7 Å². The van der Waals surface area contributed by atoms with Crippen LogP contribution in [-0.4, -0.2) is 27.1 Å². The number of hydrogen-bond acceptors (Lipinski definition) is 5. The summed E-state index contributed by atoms with van der Waals surface area (Å²) in [5.74, 6) is 1.14. The zero-order valence-corrected chi connectivity index (χ0v) is 11.6. The summed E-state index contributed by atoms with van der Waals surface area (Å²) in [5.41, 5.74) is 0. The van der Waals surface area contributed by atoms with Gasteiger partial charge in [0.25, 0.3) is 0 Å². The Labute approximate surface area is 116 Å². The maximum atomic E-state index is 4.56. The van der Waals surface area contributed by atoms with Crippen molar-refractivity contribution in [2.75, 3.05) is 11.4 Å². The molecule has 1 aliphatic carbocycles. The molecule has 3 heterocycles. The number of thiazole rings is 1. The van der Waals surface area contributed by atoms with Crippen LogP contribution in [0.2, 0.25) is 0 Å². The predicted molar refractivity (Wildman–Crippen MR) is 75.3 cm³/mol. The van der Waals surface area contributed by atoms with Gasteiger partial charge in [-0.15, -0.1) is 11.3 Å². The number of nitrogens with one attached hydrogen (secondary N) is 1. The van der Waals surface area contributed by atoms with Crippen LogP contribution in [0.3, 0.4) is 0 Å². The second kappa shape index (κ2) is 4.61. The molecular weight excluding hydrogens is 258 g/mol. The van der Waals surface area contributed by atoms with Crippen LogP contribution < -0.4 is 10.2 Å². The lowest BCUT2D eigenvalue weighted by Gasteiger charge is -2.27. The Morgan fingerprint density at radius 2 is 2.26 bits per heavy atom. The third-order valence-corrected chi connectivity index (χ3v) is 4.76. The molecule has 6 heteroatoms. The first kappa shape index (κ1) is 11.4. The van der Waals surface area contributed by atoms with Gasteiger partial charge in [-0.2, -0.15) is 0 Å². The fraction of sp³-hybridized carbons (Fsp3) is 0.538. The SMILES string of the molecule is c1cn2c(n1)CN(c1ncc(CNC3CC3)s1)CC2. The van der Waals surface area contributed by atoms with E-state index in [1.807, 2.05) is 12.4 Å². The Kier molecular flexibility index (Phi) is 2.77. The van der Waals surface area contributed by atoms with Gasteiger partial charge in [-0.3, -0.25) is 0 Å². The minimum atomic E-state index is 0.757. The number of hydrogen-bond donors (Lipinski definition) is 1. The molecule has 19 heavy (non-hydrogen) atoms. The molecule has 1 fully saturated rings. The Bertz CT molecular complexity index is 571. The van der Waals surface area contributed by atoms with Crippen molar-refractivity contribution in [2.45, 2.75) is 38.5 Å². The molecule has 0 aromatic carbocycles. The molecule has 100 valence electrons. The Morgan fingerprint density at radius 3 is 3.16 bits per heavy atom. The summed E-state index contributed by atoms with van der Waals surface area (Å²) in [6, 6.07) is 0.757. The van der Waals surface area contributed by atoms with Gasteiger partial charge >= 0.3 is 0 Å². The normalized spacial score (nSPS) is 18.6. The highest BCUT2D eigenvalue weighted by atomic mass is 32.1. The summed E-state index contributed by atoms with van der Waals surface area (Å²) in [7, 11) is 0. The van der Waals surface area contributed by atoms with E-state index in [9.17, 15) is 0 Å². The van der Waals surface area contributed by atoms with Crippen molar-refractivity contribution in [3.63, 3.8) is 0 Å². The molecule has 0 saturated heterocycles. The maximum Gasteiger partial charge on any atom is 0.186 e. The summed E-state index contributed by atoms with van der Waals surface area (Å²) in [6.07, 6.45) is 8.61. The Morgan fingerprint density at radius 1 is 1.32 bits per heavy atom. The van der Waals surface area contributed by atoms with Gasteiger partial charge < -0.3 is 14.8 Å². The minimum Gasteiger partial charge on any atom is -0.339 e. The van der Waals surface area contributed by atoms with Crippen LogP contribution in [-0.2, 0) is 19.6 Å². The lowest BCUT2D eigenvalue weighted by molar-refractivity contribution is 0.559. The van der Waals surface area contributed by atoms with E-state index >= 15 is 0 Å². The molecule has 1 saturated carbocycles. The largest absolute Gasteiger partial charge is 0.339 e. The van der Waals surface area contributed by atoms with Gasteiger partial charge in [0.05, 0.1) is 6.54 Å². The van der Waals surface area contributed by atoms with E-state index in [0.29, 0.717) is 0 Å². The van der Waals surface area contributed by atoms with Gasteiger partial charge in [0.15, 0.2) is 5.13 Å². The summed E-state index contributed by atoms with van der Waals surface area (Å²) in [5, 5.41) is 4.66. The summed E-state index contributed by atoms with van der Waals surface area (Å²) >= 11 is 1.80. The molecule has 0 bridgehead atoms. The monoisotopic (exact) mass is 275 g/mol. The van der Waals surface area contributed by atoms with E-state index in [2.05, 4.69) is 30.9 Å². The van der Waals surface area contributed by atoms with Gasteiger partial charge in [0.2, 0.25) is 0 Å². The zero-order chi connectivity index (χ0) is 12.7. The van der Waals surface area contributed by atoms with E-state index in [0.717, 1.165) is 43.2 Å². The molecule has 0 radical (unpaired) electrons. The van der Waals surface area contributed by atoms with Gasteiger partial charge in [-0.25, -0.2) is 9.97 Å². The number of anilines is 1. The van der Waals surface area contributed by atoms with Crippen LogP contribution in [0.25, 0.3) is 0 Å². The smallest absolute Gasteiger partial charge is 0.186 e. The van der Waals surface area contributed by atoms with Gasteiger partial charge in [0.1, 0.15) is 5.82 Å². The molecule has 2 aromatic heterocycles. The number of imidazole rings is 1. The lowest BCUT2D eigenvalue weighted by atomic mass is 10.4. The highest BCUT2D eigenvalue weighted by Crippen LogP contribution is 2.26. The van der Waals surface area contributed by atoms with Crippen molar-refractivity contribution < 1.29 is 0 Å². The van der Waals surface area contributed by atoms with E-state index in [1.54, 1.807) is 11.3 Å². The van der Waals surface area contributed by atoms with Crippen molar-refractivity contribution in [2.24, 2.45) is 0 Å². The van der Waals surface area contributed by atoms with Crippen LogP contribution in [0.5, 0.6) is 0 Å². The fourth-order valence-electron chi connectivity index (χ4n) is 2.39. The lowest BCUT2D eigenvalue weighted by Crippen LogP contribution is -2.33. The topological polar surface area (TPSA) is 46.0 Å². The quantitative estimate of drug-likeness (QED) is 0.921. The zero-order valence-electron chi connectivity index (χ0n) is 10.7. The highest BCUT2D eigenvalue weighted by Gasteiger charge is 2.22. The summed E-state index contributed by atoms with van der Waals surface area (Å²) in [6.45, 7) is 3.86. The molecule has 1 N–H and O–H groups in total. The average molecular weight is 275 g/mol. The van der Waals surface area contributed by atoms with Crippen molar-refractivity contribution in [1.29, 1.82) is 0 Å². The van der Waals surface area contributed by atoms with Gasteiger partial charge in [-0.1, -0.05) is 0 Å². The number of aromatic nitrogens is 3. The van der Waals surface area contributed by atoms with Crippen molar-refractivity contribution in [3.05, 3.63) is 29.3 Å². The molecule has 5 nitrogen and oxygen atoms in total. The van der Waals surface area contributed by atoms with Gasteiger partial charge in [0, 0.05) is 49.1 Å². The standard InChI is InChI=1S/C13H17N5S/c1-2-10(1)15-7-11-8-16-13(19-11)18-6-5-17-4-3-14-12(17)9-18/h3-4,8,10,15H,1-2,5-7,9H2. The number of fused-ring (bicyclic) bond motifs is 1. The molecule has 0 atom stereocenters. The molecular formula is C13H17N5S. The molecule has 2 aromatic rings. The molecule has 4 rings (SSSR count). The van der Waals surface area contributed by atoms with Crippen LogP contribution in [0.15, 0.2) is 18.6 Å². The first-order chi connectivity index (χ1) is 9.38. The summed E-state index contributed by atoms with van der Waals surface area (Å²) < 4.78 is 2.22. The van der Waals surface area contributed by atoms with E-state index in [-0.39, 0.29) is 0 Å². The Hall–Kier alpha value is -1.40. The third kappa shape index (κ3) is 2.37. The van der Waals surface area contributed by atoms with Crippen molar-refractivity contribution in [1.82, 2.24) is 19.9 Å². The number of rotatable bonds is 4. The Balaban J connectivity index is 1.44. The maximum absolute atomic E-state index is 4.56. The first-order valence-corrected chi connectivity index (χ1v) is 7.63. The average Bonchev–Trinajstić information content (AvgIpc) is 2.96. The molecule has 0 spiro atoms. The second-order valence-corrected chi connectivity index (χ2v) is 6.32. The third-order valence-electron chi connectivity index (χ3n) is 3.70. The van der Waals surface area contributed by atoms with E-state index < -0.39 is 0 Å². The second-order valence-electron chi connectivity index (χ2n) is 5.22. The fourth-order valence-corrected chi connectivity index (χ4v) is 3.28. The van der Waals surface area contributed by atoms with Gasteiger partial charge in [-0.05, 0) is 12.8 Å². The van der Waals surface area contributed by atoms with Crippen molar-refractivity contribution >= 4 is 16.5 Å². The van der Waals surface area contributed by atoms with Crippen LogP contribution in [0.1, 0.15) is 23.5 Å². The highest BCUT2D eigenvalue weighted by molar-refractivity contribution is 7.15. The van der Waals surface area contributed by atoms with Crippen LogP contribution >= 0.6 is 11.3 Å². The van der Waals surface area contributed by atoms with Crippen LogP contribution in [0.4, 0.5) is 5.13 Å². The molecule has 1 aliphatic heterocycles. The molecule has 0 unspecified atom stereocenters. The first-order valence-electron chi connectivity index (χ1n) is 6.81. The summed E-state index contributed by atoms with van der Waals surface area (Å²) in [4.78, 5) is 12.6. The molecule has 0 amide bonds. The minimum absolute atomic E-state index is 0.757. The van der Waals surface area contributed by atoms with E-state index in [4.69, 9.17) is 0 Å². The van der Waals surface area contributed by atoms with Crippen molar-refractivity contribution in [3.8, 4) is 0 Å². The number of nitrogens with zero attached hydrogens (tertiary/aromatic N) is 4. The molecule has 2 aliphatic rings. The van der Waals surface area contributed by atoms with Crippen LogP contribution in [0, 0.1) is 0 Å².